The summed E-state index contributed by atoms with van der Waals surface area (Å²) in [5, 5.41) is 2.83. The van der Waals surface area contributed by atoms with Crippen molar-refractivity contribution in [1.29, 1.82) is 0 Å². The number of thioether (sulfide) groups is 1. The number of nitrogens with zero attached hydrogens (tertiary/aromatic N) is 1. The molecule has 2 N–H and O–H groups in total. The molecule has 0 radical (unpaired) electrons. The number of nitrogens with one attached hydrogen (secondary N) is 2. The lowest BCUT2D eigenvalue weighted by Crippen LogP contribution is -2.44. The van der Waals surface area contributed by atoms with Gasteiger partial charge in [-0.1, -0.05) is 6.92 Å². The Morgan fingerprint density at radius 1 is 1.13 bits per heavy atom. The summed E-state index contributed by atoms with van der Waals surface area (Å²) in [4.78, 5) is 27.3. The molecule has 1 heterocycles. The van der Waals surface area contributed by atoms with Crippen LogP contribution in [-0.4, -0.2) is 56.5 Å². The quantitative estimate of drug-likeness (QED) is 0.671. The zero-order chi connectivity index (χ0) is 21.7. The highest BCUT2D eigenvalue weighted by atomic mass is 32.2. The van der Waals surface area contributed by atoms with Gasteiger partial charge in [0.2, 0.25) is 15.9 Å². The van der Waals surface area contributed by atoms with Crippen molar-refractivity contribution in [1.82, 2.24) is 9.62 Å². The third-order valence-electron chi connectivity index (χ3n) is 4.55. The molecule has 1 atom stereocenters. The highest BCUT2D eigenvalue weighted by Crippen LogP contribution is 2.25. The maximum Gasteiger partial charge on any atom is 0.255 e. The maximum absolute atomic E-state index is 12.9. The van der Waals surface area contributed by atoms with Crippen molar-refractivity contribution in [2.24, 2.45) is 0 Å². The van der Waals surface area contributed by atoms with Crippen LogP contribution in [0.4, 0.5) is 5.69 Å². The van der Waals surface area contributed by atoms with E-state index in [0.29, 0.717) is 28.6 Å². The fourth-order valence-corrected chi connectivity index (χ4v) is 5.17. The number of ether oxygens (including phenoxy) is 1. The third-order valence-corrected chi connectivity index (χ3v) is 7.12. The predicted molar refractivity (Wildman–Crippen MR) is 116 cm³/mol. The van der Waals surface area contributed by atoms with Crippen LogP contribution in [0.3, 0.4) is 0 Å². The van der Waals surface area contributed by atoms with Gasteiger partial charge in [0.15, 0.2) is 0 Å². The van der Waals surface area contributed by atoms with Gasteiger partial charge in [-0.15, -0.1) is 11.8 Å². The van der Waals surface area contributed by atoms with E-state index in [1.807, 2.05) is 0 Å². The van der Waals surface area contributed by atoms with Crippen LogP contribution >= 0.6 is 11.8 Å². The number of carbonyl (C=O) groups excluding carboxylic acids is 2. The van der Waals surface area contributed by atoms with Crippen LogP contribution in [0.25, 0.3) is 0 Å². The van der Waals surface area contributed by atoms with Crippen molar-refractivity contribution < 1.29 is 22.7 Å². The number of sulfonamides is 1. The first kappa shape index (κ1) is 22.1. The van der Waals surface area contributed by atoms with Gasteiger partial charge in [0.1, 0.15) is 11.8 Å². The summed E-state index contributed by atoms with van der Waals surface area (Å²) in [5.41, 5.74) is 0.943. The third kappa shape index (κ3) is 4.94. The lowest BCUT2D eigenvalue weighted by atomic mass is 10.1. The van der Waals surface area contributed by atoms with E-state index in [1.54, 1.807) is 38.3 Å². The monoisotopic (exact) mass is 449 g/mol. The number of benzene rings is 2. The molecule has 0 spiro atoms. The Morgan fingerprint density at radius 2 is 1.80 bits per heavy atom. The zero-order valence-electron chi connectivity index (χ0n) is 16.6. The van der Waals surface area contributed by atoms with Crippen molar-refractivity contribution in [2.75, 3.05) is 30.6 Å². The van der Waals surface area contributed by atoms with Gasteiger partial charge in [-0.2, -0.15) is 0 Å². The lowest BCUT2D eigenvalue weighted by molar-refractivity contribution is -0.119. The number of rotatable bonds is 7. The fourth-order valence-electron chi connectivity index (χ4n) is 2.98. The molecule has 0 saturated carbocycles. The molecule has 1 fully saturated rings. The van der Waals surface area contributed by atoms with Crippen molar-refractivity contribution >= 4 is 39.3 Å². The zero-order valence-corrected chi connectivity index (χ0v) is 18.3. The standard InChI is InChI=1S/C20H23N3O5S2/c1-3-21-30(26,27)17-10-4-14(5-11-17)20(25)23-13-29-12-18(23)19(24)22-15-6-8-16(28-2)9-7-15/h4-11,18,21H,3,12-13H2,1-2H3,(H,22,24). The smallest absolute Gasteiger partial charge is 0.255 e. The number of carbonyl (C=O) groups is 2. The van der Waals surface area contributed by atoms with E-state index in [9.17, 15) is 18.0 Å². The van der Waals surface area contributed by atoms with E-state index in [2.05, 4.69) is 10.0 Å². The molecule has 1 unspecified atom stereocenters. The molecule has 30 heavy (non-hydrogen) atoms. The normalized spacial score (nSPS) is 16.3. The minimum Gasteiger partial charge on any atom is -0.497 e. The van der Waals surface area contributed by atoms with E-state index in [0.717, 1.165) is 0 Å². The summed E-state index contributed by atoms with van der Waals surface area (Å²) in [6.45, 7) is 1.97. The second kappa shape index (κ2) is 9.50. The van der Waals surface area contributed by atoms with Crippen LogP contribution in [0.1, 0.15) is 17.3 Å². The molecular formula is C20H23N3O5S2. The van der Waals surface area contributed by atoms with Crippen LogP contribution in [0.2, 0.25) is 0 Å². The molecule has 1 saturated heterocycles. The molecule has 160 valence electrons. The van der Waals surface area contributed by atoms with Gasteiger partial charge in [-0.25, -0.2) is 13.1 Å². The van der Waals surface area contributed by atoms with Crippen LogP contribution in [0.5, 0.6) is 5.75 Å². The molecule has 2 amide bonds. The number of hydrogen-bond donors (Lipinski definition) is 2. The minimum absolute atomic E-state index is 0.0884. The summed E-state index contributed by atoms with van der Waals surface area (Å²) in [5.74, 6) is 0.963. The molecule has 8 nitrogen and oxygen atoms in total. The molecule has 0 bridgehead atoms. The van der Waals surface area contributed by atoms with Crippen LogP contribution in [0, 0.1) is 0 Å². The largest absolute Gasteiger partial charge is 0.497 e. The van der Waals surface area contributed by atoms with Gasteiger partial charge in [0, 0.05) is 23.5 Å². The summed E-state index contributed by atoms with van der Waals surface area (Å²) < 4.78 is 31.6. The van der Waals surface area contributed by atoms with E-state index in [1.165, 1.54) is 40.9 Å². The first-order valence-corrected chi connectivity index (χ1v) is 11.9. The average molecular weight is 450 g/mol. The van der Waals surface area contributed by atoms with Gasteiger partial charge in [-0.3, -0.25) is 9.59 Å². The van der Waals surface area contributed by atoms with Crippen LogP contribution in [-0.2, 0) is 14.8 Å². The Balaban J connectivity index is 1.71. The SMILES string of the molecule is CCNS(=O)(=O)c1ccc(C(=O)N2CSCC2C(=O)Nc2ccc(OC)cc2)cc1. The van der Waals surface area contributed by atoms with E-state index in [-0.39, 0.29) is 23.3 Å². The first-order chi connectivity index (χ1) is 14.4. The van der Waals surface area contributed by atoms with E-state index >= 15 is 0 Å². The second-order valence-electron chi connectivity index (χ2n) is 6.53. The fraction of sp³-hybridized carbons (Fsp3) is 0.300. The molecule has 2 aromatic rings. The van der Waals surface area contributed by atoms with Crippen LogP contribution < -0.4 is 14.8 Å². The van der Waals surface area contributed by atoms with E-state index in [4.69, 9.17) is 4.74 Å². The van der Waals surface area contributed by atoms with Crippen molar-refractivity contribution in [3.8, 4) is 5.75 Å². The first-order valence-electron chi connectivity index (χ1n) is 9.29. The summed E-state index contributed by atoms with van der Waals surface area (Å²) in [7, 11) is -2.02. The molecular weight excluding hydrogens is 426 g/mol. The summed E-state index contributed by atoms with van der Waals surface area (Å²) in [6, 6.07) is 12.0. The molecule has 1 aliphatic rings. The van der Waals surface area contributed by atoms with Gasteiger partial charge >= 0.3 is 0 Å². The molecule has 3 rings (SSSR count). The predicted octanol–water partition coefficient (Wildman–Crippen LogP) is 2.15. The van der Waals surface area contributed by atoms with Gasteiger partial charge in [0.25, 0.3) is 5.91 Å². The number of hydrogen-bond acceptors (Lipinski definition) is 6. The van der Waals surface area contributed by atoms with Crippen molar-refractivity contribution in [2.45, 2.75) is 17.9 Å². The Hall–Kier alpha value is -2.56. The lowest BCUT2D eigenvalue weighted by Gasteiger charge is -2.23. The Bertz CT molecular complexity index is 1010. The Kier molecular flexibility index (Phi) is 7.01. The Labute approximate surface area is 180 Å². The van der Waals surface area contributed by atoms with Gasteiger partial charge in [0.05, 0.1) is 17.9 Å². The highest BCUT2D eigenvalue weighted by Gasteiger charge is 2.35. The number of anilines is 1. The van der Waals surface area contributed by atoms with Crippen LogP contribution in [0.15, 0.2) is 53.4 Å². The van der Waals surface area contributed by atoms with E-state index < -0.39 is 16.1 Å². The summed E-state index contributed by atoms with van der Waals surface area (Å²) in [6.07, 6.45) is 0. The highest BCUT2D eigenvalue weighted by molar-refractivity contribution is 7.99. The van der Waals surface area contributed by atoms with Gasteiger partial charge in [-0.05, 0) is 48.5 Å². The van der Waals surface area contributed by atoms with Crippen molar-refractivity contribution in [3.63, 3.8) is 0 Å². The summed E-state index contributed by atoms with van der Waals surface area (Å²) >= 11 is 1.49. The number of amides is 2. The number of methoxy groups -OCH3 is 1. The molecule has 0 aliphatic carbocycles. The van der Waals surface area contributed by atoms with Crippen molar-refractivity contribution in [3.05, 3.63) is 54.1 Å². The second-order valence-corrected chi connectivity index (χ2v) is 9.30. The molecule has 1 aliphatic heterocycles. The Morgan fingerprint density at radius 3 is 2.40 bits per heavy atom. The molecule has 10 heteroatoms. The minimum atomic E-state index is -3.59. The maximum atomic E-state index is 12.9. The van der Waals surface area contributed by atoms with Gasteiger partial charge < -0.3 is 15.0 Å². The molecule has 2 aromatic carbocycles. The average Bonchev–Trinajstić information content (AvgIpc) is 3.24. The molecule has 0 aromatic heterocycles. The topological polar surface area (TPSA) is 105 Å².